The number of hydrogen-bond donors (Lipinski definition) is 0. The van der Waals surface area contributed by atoms with E-state index in [-0.39, 0.29) is 17.7 Å². The van der Waals surface area contributed by atoms with Crippen molar-refractivity contribution in [1.29, 1.82) is 0 Å². The highest BCUT2D eigenvalue weighted by Crippen LogP contribution is 2.33. The number of carbonyl (C=O) groups excluding carboxylic acids is 2. The van der Waals surface area contributed by atoms with Gasteiger partial charge in [-0.15, -0.1) is 11.3 Å². The summed E-state index contributed by atoms with van der Waals surface area (Å²) < 4.78 is 0. The first kappa shape index (κ1) is 18.5. The third-order valence-corrected chi connectivity index (χ3v) is 5.93. The van der Waals surface area contributed by atoms with Crippen LogP contribution in [0, 0.1) is 0 Å². The van der Waals surface area contributed by atoms with E-state index in [4.69, 9.17) is 0 Å². The maximum Gasteiger partial charge on any atom is 0.273 e. The molecule has 142 valence electrons. The van der Waals surface area contributed by atoms with Crippen LogP contribution in [0.1, 0.15) is 58.8 Å². The van der Waals surface area contributed by atoms with Crippen LogP contribution in [0.2, 0.25) is 0 Å². The van der Waals surface area contributed by atoms with E-state index in [9.17, 15) is 9.59 Å². The molecular formula is C22H21N3O2S. The van der Waals surface area contributed by atoms with Gasteiger partial charge in [-0.25, -0.2) is 4.98 Å². The van der Waals surface area contributed by atoms with E-state index in [1.807, 2.05) is 41.3 Å². The van der Waals surface area contributed by atoms with Crippen LogP contribution >= 0.6 is 11.3 Å². The van der Waals surface area contributed by atoms with Gasteiger partial charge in [0.1, 0.15) is 10.7 Å². The summed E-state index contributed by atoms with van der Waals surface area (Å²) in [6.45, 7) is 2.25. The minimum absolute atomic E-state index is 0.00933. The van der Waals surface area contributed by atoms with Crippen molar-refractivity contribution >= 4 is 23.0 Å². The predicted molar refractivity (Wildman–Crippen MR) is 109 cm³/mol. The number of nitrogens with zero attached hydrogens (tertiary/aromatic N) is 3. The Morgan fingerprint density at radius 3 is 2.71 bits per heavy atom. The Bertz CT molecular complexity index is 1000. The Labute approximate surface area is 168 Å². The lowest BCUT2D eigenvalue weighted by atomic mass is 9.98. The molecule has 0 radical (unpaired) electrons. The molecule has 3 heterocycles. The van der Waals surface area contributed by atoms with Crippen LogP contribution in [0.5, 0.6) is 0 Å². The van der Waals surface area contributed by atoms with Crippen molar-refractivity contribution in [3.05, 3.63) is 71.0 Å². The zero-order chi connectivity index (χ0) is 19.5. The van der Waals surface area contributed by atoms with Crippen LogP contribution in [0.4, 0.5) is 0 Å². The third-order valence-electron chi connectivity index (χ3n) is 5.05. The van der Waals surface area contributed by atoms with E-state index in [1.165, 1.54) is 11.3 Å². The number of amides is 1. The standard InChI is InChI=1S/C22H21N3O2S/c1-15(26)16-8-2-3-9-17(16)21-24-19(14-28-21)22(27)25-13-7-5-11-20(25)18-10-4-6-12-23-18/h2-4,6,8-10,12,14,20H,5,7,11,13H2,1H3. The zero-order valence-corrected chi connectivity index (χ0v) is 16.5. The molecule has 28 heavy (non-hydrogen) atoms. The van der Waals surface area contributed by atoms with Crippen molar-refractivity contribution in [1.82, 2.24) is 14.9 Å². The van der Waals surface area contributed by atoms with Crippen molar-refractivity contribution in [3.8, 4) is 10.6 Å². The van der Waals surface area contributed by atoms with Gasteiger partial charge in [0.15, 0.2) is 5.78 Å². The lowest BCUT2D eigenvalue weighted by Crippen LogP contribution is -2.39. The number of carbonyl (C=O) groups is 2. The fourth-order valence-electron chi connectivity index (χ4n) is 3.67. The molecular weight excluding hydrogens is 370 g/mol. The molecule has 5 nitrogen and oxygen atoms in total. The molecule has 3 aromatic rings. The fraction of sp³-hybridized carbons (Fsp3) is 0.273. The number of ketones is 1. The largest absolute Gasteiger partial charge is 0.329 e. The second-order valence-electron chi connectivity index (χ2n) is 6.90. The molecule has 1 aliphatic rings. The van der Waals surface area contributed by atoms with Crippen molar-refractivity contribution in [2.75, 3.05) is 6.54 Å². The topological polar surface area (TPSA) is 63.2 Å². The van der Waals surface area contributed by atoms with E-state index in [0.29, 0.717) is 22.8 Å². The number of likely N-dealkylation sites (tertiary alicyclic amines) is 1. The maximum atomic E-state index is 13.2. The molecule has 1 aliphatic heterocycles. The number of aromatic nitrogens is 2. The molecule has 1 fully saturated rings. The number of pyridine rings is 1. The Kier molecular flexibility index (Phi) is 5.30. The zero-order valence-electron chi connectivity index (χ0n) is 15.7. The van der Waals surface area contributed by atoms with Crippen LogP contribution in [0.15, 0.2) is 54.0 Å². The first-order valence-corrected chi connectivity index (χ1v) is 10.3. The van der Waals surface area contributed by atoms with E-state index >= 15 is 0 Å². The fourth-order valence-corrected chi connectivity index (χ4v) is 4.51. The number of rotatable bonds is 4. The third kappa shape index (κ3) is 3.60. The maximum absolute atomic E-state index is 13.2. The van der Waals surface area contributed by atoms with E-state index in [1.54, 1.807) is 24.6 Å². The summed E-state index contributed by atoms with van der Waals surface area (Å²) in [5.74, 6) is -0.0805. The molecule has 6 heteroatoms. The number of benzene rings is 1. The summed E-state index contributed by atoms with van der Waals surface area (Å²) in [6.07, 6.45) is 4.75. The van der Waals surface area contributed by atoms with Crippen molar-refractivity contribution < 1.29 is 9.59 Å². The van der Waals surface area contributed by atoms with Gasteiger partial charge in [0, 0.05) is 29.2 Å². The second kappa shape index (κ2) is 8.02. The summed E-state index contributed by atoms with van der Waals surface area (Å²) in [7, 11) is 0. The van der Waals surface area contributed by atoms with Crippen LogP contribution in [0.3, 0.4) is 0 Å². The molecule has 1 atom stereocenters. The lowest BCUT2D eigenvalue weighted by molar-refractivity contribution is 0.0601. The van der Waals surface area contributed by atoms with Gasteiger partial charge in [-0.2, -0.15) is 0 Å². The summed E-state index contributed by atoms with van der Waals surface area (Å²) in [6, 6.07) is 13.2. The van der Waals surface area contributed by atoms with Crippen LogP contribution in [0.25, 0.3) is 10.6 Å². The first-order chi connectivity index (χ1) is 13.6. The Hall–Kier alpha value is -2.86. The van der Waals surface area contributed by atoms with E-state index in [0.717, 1.165) is 30.5 Å². The summed E-state index contributed by atoms with van der Waals surface area (Å²) in [4.78, 5) is 36.1. The number of piperidine rings is 1. The van der Waals surface area contributed by atoms with E-state index in [2.05, 4.69) is 9.97 Å². The average Bonchev–Trinajstić information content (AvgIpc) is 3.24. The lowest BCUT2D eigenvalue weighted by Gasteiger charge is -2.35. The van der Waals surface area contributed by atoms with Gasteiger partial charge in [-0.05, 0) is 38.3 Å². The monoisotopic (exact) mass is 391 g/mol. The molecule has 1 amide bonds. The van der Waals surface area contributed by atoms with Crippen LogP contribution in [-0.2, 0) is 0 Å². The van der Waals surface area contributed by atoms with Gasteiger partial charge in [-0.1, -0.05) is 30.3 Å². The normalized spacial score (nSPS) is 16.8. The molecule has 2 aromatic heterocycles. The Morgan fingerprint density at radius 2 is 1.93 bits per heavy atom. The summed E-state index contributed by atoms with van der Waals surface area (Å²) >= 11 is 1.40. The SMILES string of the molecule is CC(=O)c1ccccc1-c1nc(C(=O)N2CCCCC2c2ccccn2)cs1. The predicted octanol–water partition coefficient (Wildman–Crippen LogP) is 4.78. The smallest absolute Gasteiger partial charge is 0.273 e. The Morgan fingerprint density at radius 1 is 1.11 bits per heavy atom. The average molecular weight is 391 g/mol. The number of hydrogen-bond acceptors (Lipinski definition) is 5. The first-order valence-electron chi connectivity index (χ1n) is 9.43. The Balaban J connectivity index is 1.63. The van der Waals surface area contributed by atoms with Crippen molar-refractivity contribution in [2.24, 2.45) is 0 Å². The van der Waals surface area contributed by atoms with E-state index < -0.39 is 0 Å². The van der Waals surface area contributed by atoms with Gasteiger partial charge < -0.3 is 4.90 Å². The quantitative estimate of drug-likeness (QED) is 0.601. The van der Waals surface area contributed by atoms with Crippen molar-refractivity contribution in [3.63, 3.8) is 0 Å². The molecule has 0 spiro atoms. The minimum atomic E-state index is -0.0711. The van der Waals surface area contributed by atoms with Gasteiger partial charge in [0.25, 0.3) is 5.91 Å². The van der Waals surface area contributed by atoms with Crippen LogP contribution < -0.4 is 0 Å². The van der Waals surface area contributed by atoms with Gasteiger partial charge >= 0.3 is 0 Å². The highest BCUT2D eigenvalue weighted by Gasteiger charge is 2.30. The molecule has 1 unspecified atom stereocenters. The second-order valence-corrected chi connectivity index (χ2v) is 7.76. The van der Waals surface area contributed by atoms with Crippen molar-refractivity contribution in [2.45, 2.75) is 32.2 Å². The molecule has 1 aromatic carbocycles. The molecule has 4 rings (SSSR count). The minimum Gasteiger partial charge on any atom is -0.329 e. The molecule has 0 aliphatic carbocycles. The van der Waals surface area contributed by atoms with Crippen LogP contribution in [-0.4, -0.2) is 33.1 Å². The molecule has 1 saturated heterocycles. The molecule has 0 bridgehead atoms. The molecule has 0 N–H and O–H groups in total. The molecule has 0 saturated carbocycles. The number of Topliss-reactive ketones (excluding diaryl/α,β-unsaturated/α-hetero) is 1. The highest BCUT2D eigenvalue weighted by atomic mass is 32.1. The van der Waals surface area contributed by atoms with Gasteiger partial charge in [0.2, 0.25) is 0 Å². The summed E-state index contributed by atoms with van der Waals surface area (Å²) in [5, 5.41) is 2.49. The summed E-state index contributed by atoms with van der Waals surface area (Å²) in [5.41, 5.74) is 2.76. The number of thiazole rings is 1. The van der Waals surface area contributed by atoms with Gasteiger partial charge in [-0.3, -0.25) is 14.6 Å². The van der Waals surface area contributed by atoms with Gasteiger partial charge in [0.05, 0.1) is 11.7 Å². The highest BCUT2D eigenvalue weighted by molar-refractivity contribution is 7.13.